The van der Waals surface area contributed by atoms with Gasteiger partial charge in [0.25, 0.3) is 5.91 Å². The number of aromatic nitrogens is 4. The summed E-state index contributed by atoms with van der Waals surface area (Å²) in [6.07, 6.45) is 11.7. The van der Waals surface area contributed by atoms with Gasteiger partial charge in [0.05, 0.1) is 11.8 Å². The number of rotatable bonds is 5. The Kier molecular flexibility index (Phi) is 14.7. The van der Waals surface area contributed by atoms with Crippen molar-refractivity contribution in [1.82, 2.24) is 45.3 Å². The van der Waals surface area contributed by atoms with Crippen molar-refractivity contribution in [2.24, 2.45) is 5.92 Å². The Balaban J connectivity index is 1.46. The Labute approximate surface area is 323 Å². The highest BCUT2D eigenvalue weighted by molar-refractivity contribution is 6.00. The lowest BCUT2D eigenvalue weighted by molar-refractivity contribution is -0.147. The number of halogens is 1. The summed E-state index contributed by atoms with van der Waals surface area (Å²) in [6.45, 7) is 5.27. The number of carbonyl (C=O) groups is 4. The van der Waals surface area contributed by atoms with E-state index >= 15 is 0 Å². The maximum absolute atomic E-state index is 14.6. The second-order valence-electron chi connectivity index (χ2n) is 15.4. The highest BCUT2D eigenvalue weighted by Crippen LogP contribution is 2.27. The molecule has 4 atom stereocenters. The molecule has 0 unspecified atom stereocenters. The number of aryl methyl sites for hydroxylation is 1. The number of pyridine rings is 1. The molecule has 0 spiro atoms. The topological polar surface area (TPSA) is 155 Å². The molecule has 1 saturated heterocycles. The zero-order chi connectivity index (χ0) is 39.5. The molecular formula is C40H56FN9O5. The molecule has 3 aromatic rings. The van der Waals surface area contributed by atoms with Crippen LogP contribution in [0, 0.1) is 11.7 Å². The van der Waals surface area contributed by atoms with Crippen molar-refractivity contribution in [3.05, 3.63) is 71.6 Å². The van der Waals surface area contributed by atoms with E-state index in [1.165, 1.54) is 17.0 Å². The molecule has 2 aliphatic rings. The first kappa shape index (κ1) is 41.2. The number of ether oxygens (including phenoxy) is 1. The van der Waals surface area contributed by atoms with Crippen LogP contribution in [0.25, 0.3) is 0 Å². The van der Waals surface area contributed by atoms with E-state index in [0.29, 0.717) is 25.2 Å². The van der Waals surface area contributed by atoms with E-state index in [9.17, 15) is 23.6 Å². The smallest absolute Gasteiger partial charge is 0.255 e. The number of amides is 4. The molecule has 15 heteroatoms. The molecule has 0 aliphatic carbocycles. The third-order valence-electron chi connectivity index (χ3n) is 10.4. The second-order valence-corrected chi connectivity index (χ2v) is 15.4. The first-order chi connectivity index (χ1) is 26.4. The van der Waals surface area contributed by atoms with Gasteiger partial charge in [-0.25, -0.2) is 4.39 Å². The van der Waals surface area contributed by atoms with Crippen LogP contribution in [0.2, 0.25) is 0 Å². The van der Waals surface area contributed by atoms with Crippen LogP contribution < -0.4 is 15.4 Å². The van der Waals surface area contributed by atoms with Crippen LogP contribution in [0.15, 0.2) is 48.9 Å². The fraction of sp³-hybridized carbons (Fsp3) is 0.575. The van der Waals surface area contributed by atoms with Gasteiger partial charge in [-0.3, -0.25) is 28.8 Å². The van der Waals surface area contributed by atoms with E-state index in [0.717, 1.165) is 50.2 Å². The summed E-state index contributed by atoms with van der Waals surface area (Å²) in [6, 6.07) is 4.45. The van der Waals surface area contributed by atoms with Gasteiger partial charge in [0.2, 0.25) is 17.7 Å². The zero-order valence-corrected chi connectivity index (χ0v) is 32.7. The van der Waals surface area contributed by atoms with Crippen LogP contribution in [0.1, 0.15) is 86.8 Å². The van der Waals surface area contributed by atoms with Gasteiger partial charge in [-0.1, -0.05) is 50.8 Å². The Morgan fingerprint density at radius 3 is 2.51 bits per heavy atom. The summed E-state index contributed by atoms with van der Waals surface area (Å²) in [5, 5.41) is 14.3. The maximum Gasteiger partial charge on any atom is 0.255 e. The first-order valence-corrected chi connectivity index (χ1v) is 19.4. The van der Waals surface area contributed by atoms with Crippen molar-refractivity contribution in [2.75, 3.05) is 34.2 Å². The molecule has 2 N–H and O–H groups in total. The molecule has 0 radical (unpaired) electrons. The highest BCUT2D eigenvalue weighted by atomic mass is 19.1. The number of nitrogens with zero attached hydrogens (tertiary/aromatic N) is 7. The third-order valence-corrected chi connectivity index (χ3v) is 10.4. The quantitative estimate of drug-likeness (QED) is 0.397. The molecule has 5 rings (SSSR count). The fourth-order valence-corrected chi connectivity index (χ4v) is 7.24. The molecule has 14 nitrogen and oxygen atoms in total. The van der Waals surface area contributed by atoms with E-state index < -0.39 is 35.8 Å². The summed E-state index contributed by atoms with van der Waals surface area (Å²) in [5.74, 6) is -2.23. The van der Waals surface area contributed by atoms with Crippen LogP contribution in [0.4, 0.5) is 4.39 Å². The predicted molar refractivity (Wildman–Crippen MR) is 204 cm³/mol. The van der Waals surface area contributed by atoms with Gasteiger partial charge in [0.1, 0.15) is 42.0 Å². The van der Waals surface area contributed by atoms with E-state index in [-0.39, 0.29) is 61.1 Å². The summed E-state index contributed by atoms with van der Waals surface area (Å²) in [7, 11) is 5.42. The Morgan fingerprint density at radius 1 is 1.02 bits per heavy atom. The number of fused-ring (bicyclic) bond motifs is 4. The number of likely N-dealkylation sites (N-methyl/N-ethyl adjacent to an activating group) is 2. The molecule has 55 heavy (non-hydrogen) atoms. The summed E-state index contributed by atoms with van der Waals surface area (Å²) in [5.41, 5.74) is 1.39. The molecule has 2 bridgehead atoms. The standard InChI is InChI=1S/C40H56FN9O5/c1-27(2)19-33-39(53)50-25-31(47(3)4)22-35(50)40(54)48(5)34(20-28-13-12-16-42-23-28)38(52)43-17-10-8-6-7-9-11-18-49-24-30(45-46-49)26-55-36-21-29(41)14-15-32(36)37(51)44-33/h12-16,21,23-24,27,31,33-35H,6-11,17-20,22,25-26H2,1-5H3,(H,43,52)(H,44,51)/t31-,33-,34+,35-/m1/s1. The molecule has 0 saturated carbocycles. The van der Waals surface area contributed by atoms with Crippen molar-refractivity contribution in [2.45, 2.75) is 109 Å². The summed E-state index contributed by atoms with van der Waals surface area (Å²) in [4.78, 5) is 66.1. The van der Waals surface area contributed by atoms with Gasteiger partial charge in [0.15, 0.2) is 0 Å². The van der Waals surface area contributed by atoms with Crippen LogP contribution in [0.3, 0.4) is 0 Å². The van der Waals surface area contributed by atoms with Gasteiger partial charge < -0.3 is 30.1 Å². The van der Waals surface area contributed by atoms with E-state index in [1.54, 1.807) is 41.3 Å². The van der Waals surface area contributed by atoms with Crippen molar-refractivity contribution < 1.29 is 28.3 Å². The van der Waals surface area contributed by atoms with E-state index in [2.05, 4.69) is 25.9 Å². The first-order valence-electron chi connectivity index (χ1n) is 19.4. The Hall–Kier alpha value is -4.92. The molecule has 298 valence electrons. The average molecular weight is 762 g/mol. The second kappa shape index (κ2) is 19.6. The molecule has 4 heterocycles. The van der Waals surface area contributed by atoms with Crippen molar-refractivity contribution in [3.63, 3.8) is 0 Å². The minimum atomic E-state index is -1.00. The van der Waals surface area contributed by atoms with Gasteiger partial charge >= 0.3 is 0 Å². The van der Waals surface area contributed by atoms with E-state index in [4.69, 9.17) is 4.74 Å². The predicted octanol–water partition coefficient (Wildman–Crippen LogP) is 3.61. The lowest BCUT2D eigenvalue weighted by Crippen LogP contribution is -2.57. The lowest BCUT2D eigenvalue weighted by atomic mass is 10.0. The van der Waals surface area contributed by atoms with Gasteiger partial charge in [-0.05, 0) is 69.5 Å². The largest absolute Gasteiger partial charge is 0.486 e. The number of carbonyl (C=O) groups excluding carboxylic acids is 4. The Bertz CT molecular complexity index is 1750. The number of hydrogen-bond donors (Lipinski definition) is 2. The molecular weight excluding hydrogens is 705 g/mol. The monoisotopic (exact) mass is 761 g/mol. The maximum atomic E-state index is 14.6. The van der Waals surface area contributed by atoms with Crippen molar-refractivity contribution in [1.29, 1.82) is 0 Å². The summed E-state index contributed by atoms with van der Waals surface area (Å²) >= 11 is 0. The average Bonchev–Trinajstić information content (AvgIpc) is 3.82. The van der Waals surface area contributed by atoms with Crippen LogP contribution in [-0.2, 0) is 34.0 Å². The van der Waals surface area contributed by atoms with Crippen LogP contribution in [-0.4, -0.2) is 117 Å². The minimum absolute atomic E-state index is 0.00206. The van der Waals surface area contributed by atoms with Gasteiger partial charge in [-0.2, -0.15) is 0 Å². The van der Waals surface area contributed by atoms with E-state index in [1.807, 2.05) is 38.9 Å². The molecule has 2 aliphatic heterocycles. The zero-order valence-electron chi connectivity index (χ0n) is 32.7. The number of benzene rings is 1. The fourth-order valence-electron chi connectivity index (χ4n) is 7.24. The normalized spacial score (nSPS) is 22.9. The van der Waals surface area contributed by atoms with Crippen molar-refractivity contribution in [3.8, 4) is 5.75 Å². The van der Waals surface area contributed by atoms with Gasteiger partial charge in [0, 0.05) is 57.6 Å². The van der Waals surface area contributed by atoms with Crippen molar-refractivity contribution >= 4 is 23.6 Å². The highest BCUT2D eigenvalue weighted by Gasteiger charge is 2.45. The number of nitrogens with one attached hydrogen (secondary N) is 2. The number of hydrogen-bond acceptors (Lipinski definition) is 9. The third kappa shape index (κ3) is 11.3. The van der Waals surface area contributed by atoms with Crippen LogP contribution >= 0.6 is 0 Å². The molecule has 2 aromatic heterocycles. The summed E-state index contributed by atoms with van der Waals surface area (Å²) < 4.78 is 22.2. The Morgan fingerprint density at radius 2 is 1.78 bits per heavy atom. The minimum Gasteiger partial charge on any atom is -0.486 e. The molecule has 1 fully saturated rings. The lowest BCUT2D eigenvalue weighted by Gasteiger charge is -2.34. The molecule has 1 aromatic carbocycles. The van der Waals surface area contributed by atoms with Gasteiger partial charge in [-0.15, -0.1) is 5.10 Å². The SMILES string of the molecule is CC(C)C[C@H]1NC(=O)c2ccc(F)cc2OCc2cn(nn2)CCCCCCCCNC(=O)[C@H](Cc2cccnc2)N(C)C(=O)[C@H]2C[C@@H](N(C)C)CN2C1=O. The molecule has 4 amide bonds. The van der Waals surface area contributed by atoms with Crippen LogP contribution in [0.5, 0.6) is 5.75 Å².